The molecule has 0 saturated heterocycles. The van der Waals surface area contributed by atoms with Crippen molar-refractivity contribution in [1.82, 2.24) is 10.3 Å². The van der Waals surface area contributed by atoms with Crippen LogP contribution < -0.4 is 10.1 Å². The molecule has 1 heterocycles. The van der Waals surface area contributed by atoms with Crippen LogP contribution in [0.1, 0.15) is 16.8 Å². The van der Waals surface area contributed by atoms with Crippen LogP contribution in [0.4, 0.5) is 0 Å². The Balaban J connectivity index is 2.08. The molecule has 4 heteroatoms. The average molecular weight is 321 g/mol. The van der Waals surface area contributed by atoms with E-state index in [4.69, 9.17) is 4.74 Å². The summed E-state index contributed by atoms with van der Waals surface area (Å²) in [7, 11) is 1.93. The molecule has 3 nitrogen and oxygen atoms in total. The molecule has 1 N–H and O–H groups in total. The lowest BCUT2D eigenvalue weighted by molar-refractivity contribution is 0.297. The smallest absolute Gasteiger partial charge is 0.130 e. The standard InChI is InChI=1S/C15H17BrN2O/c1-11-3-6-15(12(7-11)8-17-2)19-10-14-5-4-13(16)9-18-14/h3-7,9,17H,8,10H2,1-2H3. The Morgan fingerprint density at radius 3 is 2.79 bits per heavy atom. The van der Waals surface area contributed by atoms with Gasteiger partial charge in [-0.15, -0.1) is 0 Å². The van der Waals surface area contributed by atoms with Gasteiger partial charge in [0.2, 0.25) is 0 Å². The fourth-order valence-electron chi connectivity index (χ4n) is 1.82. The molecule has 0 saturated carbocycles. The Morgan fingerprint density at radius 1 is 1.26 bits per heavy atom. The number of benzene rings is 1. The number of halogens is 1. The van der Waals surface area contributed by atoms with Crippen LogP contribution in [-0.2, 0) is 13.2 Å². The number of nitrogens with zero attached hydrogens (tertiary/aromatic N) is 1. The molecule has 0 unspecified atom stereocenters. The predicted molar refractivity (Wildman–Crippen MR) is 80.2 cm³/mol. The minimum Gasteiger partial charge on any atom is -0.487 e. The third kappa shape index (κ3) is 4.04. The van der Waals surface area contributed by atoms with Crippen molar-refractivity contribution in [3.8, 4) is 5.75 Å². The molecular weight excluding hydrogens is 304 g/mol. The first-order chi connectivity index (χ1) is 9.19. The van der Waals surface area contributed by atoms with E-state index in [0.29, 0.717) is 6.61 Å². The average Bonchev–Trinajstić information content (AvgIpc) is 2.40. The van der Waals surface area contributed by atoms with Gasteiger partial charge >= 0.3 is 0 Å². The van der Waals surface area contributed by atoms with Crippen molar-refractivity contribution < 1.29 is 4.74 Å². The van der Waals surface area contributed by atoms with Gasteiger partial charge in [0.05, 0.1) is 5.69 Å². The summed E-state index contributed by atoms with van der Waals surface area (Å²) in [5, 5.41) is 3.16. The summed E-state index contributed by atoms with van der Waals surface area (Å²) >= 11 is 3.37. The summed E-state index contributed by atoms with van der Waals surface area (Å²) in [6, 6.07) is 10.1. The van der Waals surface area contributed by atoms with E-state index >= 15 is 0 Å². The molecule has 19 heavy (non-hydrogen) atoms. The van der Waals surface area contributed by atoms with E-state index < -0.39 is 0 Å². The maximum absolute atomic E-state index is 5.85. The highest BCUT2D eigenvalue weighted by molar-refractivity contribution is 9.10. The van der Waals surface area contributed by atoms with Crippen LogP contribution in [-0.4, -0.2) is 12.0 Å². The lowest BCUT2D eigenvalue weighted by Crippen LogP contribution is -2.08. The first kappa shape index (κ1) is 14.0. The second-order valence-corrected chi connectivity index (χ2v) is 5.31. The van der Waals surface area contributed by atoms with Crippen molar-refractivity contribution in [1.29, 1.82) is 0 Å². The summed E-state index contributed by atoms with van der Waals surface area (Å²) in [5.41, 5.74) is 3.32. The summed E-state index contributed by atoms with van der Waals surface area (Å²) in [5.74, 6) is 0.907. The van der Waals surface area contributed by atoms with Gasteiger partial charge < -0.3 is 10.1 Å². The fourth-order valence-corrected chi connectivity index (χ4v) is 2.06. The van der Waals surface area contributed by atoms with Crippen molar-refractivity contribution in [2.45, 2.75) is 20.1 Å². The Hall–Kier alpha value is -1.39. The molecule has 1 aromatic carbocycles. The number of rotatable bonds is 5. The number of aromatic nitrogens is 1. The van der Waals surface area contributed by atoms with Crippen LogP contribution in [0.5, 0.6) is 5.75 Å². The van der Waals surface area contributed by atoms with Gasteiger partial charge in [-0.05, 0) is 48.1 Å². The Kier molecular flexibility index (Phi) is 4.93. The van der Waals surface area contributed by atoms with Crippen LogP contribution in [0.15, 0.2) is 41.0 Å². The van der Waals surface area contributed by atoms with Crippen LogP contribution in [0.25, 0.3) is 0 Å². The van der Waals surface area contributed by atoms with Crippen LogP contribution in [0.2, 0.25) is 0 Å². The van der Waals surface area contributed by atoms with Gasteiger partial charge in [0, 0.05) is 22.8 Å². The van der Waals surface area contributed by atoms with Gasteiger partial charge in [-0.1, -0.05) is 17.7 Å². The van der Waals surface area contributed by atoms with E-state index in [0.717, 1.165) is 22.5 Å². The highest BCUT2D eigenvalue weighted by Crippen LogP contribution is 2.21. The van der Waals surface area contributed by atoms with Gasteiger partial charge in [0.25, 0.3) is 0 Å². The molecule has 2 aromatic rings. The van der Waals surface area contributed by atoms with Gasteiger partial charge in [-0.2, -0.15) is 0 Å². The zero-order chi connectivity index (χ0) is 13.7. The van der Waals surface area contributed by atoms with E-state index in [9.17, 15) is 0 Å². The SMILES string of the molecule is CNCc1cc(C)ccc1OCc1ccc(Br)cn1. The fraction of sp³-hybridized carbons (Fsp3) is 0.267. The number of aryl methyl sites for hydroxylation is 1. The quantitative estimate of drug-likeness (QED) is 0.916. The van der Waals surface area contributed by atoms with E-state index in [1.807, 2.05) is 25.2 Å². The summed E-state index contributed by atoms with van der Waals surface area (Å²) in [6.45, 7) is 3.36. The van der Waals surface area contributed by atoms with Crippen LogP contribution in [0, 0.1) is 6.92 Å². The highest BCUT2D eigenvalue weighted by atomic mass is 79.9. The first-order valence-corrected chi connectivity index (χ1v) is 6.95. The maximum Gasteiger partial charge on any atom is 0.130 e. The minimum absolute atomic E-state index is 0.479. The molecule has 0 spiro atoms. The molecule has 0 aliphatic heterocycles. The van der Waals surface area contributed by atoms with Gasteiger partial charge in [-0.3, -0.25) is 4.98 Å². The number of hydrogen-bond acceptors (Lipinski definition) is 3. The Labute approximate surface area is 122 Å². The summed E-state index contributed by atoms with van der Waals surface area (Å²) in [4.78, 5) is 4.30. The topological polar surface area (TPSA) is 34.1 Å². The maximum atomic E-state index is 5.85. The molecule has 0 aliphatic rings. The zero-order valence-corrected chi connectivity index (χ0v) is 12.7. The van der Waals surface area contributed by atoms with E-state index in [2.05, 4.69) is 45.3 Å². The second-order valence-electron chi connectivity index (χ2n) is 4.40. The lowest BCUT2D eigenvalue weighted by atomic mass is 10.1. The zero-order valence-electron chi connectivity index (χ0n) is 11.1. The minimum atomic E-state index is 0.479. The molecule has 0 amide bonds. The monoisotopic (exact) mass is 320 g/mol. The third-order valence-corrected chi connectivity index (χ3v) is 3.22. The van der Waals surface area contributed by atoms with Crippen molar-refractivity contribution >= 4 is 15.9 Å². The van der Waals surface area contributed by atoms with Crippen molar-refractivity contribution in [3.63, 3.8) is 0 Å². The highest BCUT2D eigenvalue weighted by Gasteiger charge is 2.04. The second kappa shape index (κ2) is 6.68. The van der Waals surface area contributed by atoms with Crippen molar-refractivity contribution in [2.75, 3.05) is 7.05 Å². The summed E-state index contributed by atoms with van der Waals surface area (Å²) in [6.07, 6.45) is 1.78. The number of hydrogen-bond donors (Lipinski definition) is 1. The predicted octanol–water partition coefficient (Wildman–Crippen LogP) is 3.45. The van der Waals surface area contributed by atoms with Crippen LogP contribution >= 0.6 is 15.9 Å². The van der Waals surface area contributed by atoms with Crippen molar-refractivity contribution in [2.24, 2.45) is 0 Å². The molecule has 2 rings (SSSR count). The van der Waals surface area contributed by atoms with Gasteiger partial charge in [0.1, 0.15) is 12.4 Å². The molecule has 0 aliphatic carbocycles. The van der Waals surface area contributed by atoms with Gasteiger partial charge in [0.15, 0.2) is 0 Å². The molecule has 1 aromatic heterocycles. The molecule has 0 fully saturated rings. The van der Waals surface area contributed by atoms with Gasteiger partial charge in [-0.25, -0.2) is 0 Å². The Morgan fingerprint density at radius 2 is 2.11 bits per heavy atom. The molecule has 0 atom stereocenters. The van der Waals surface area contributed by atoms with E-state index in [-0.39, 0.29) is 0 Å². The Bertz CT molecular complexity index is 540. The van der Waals surface area contributed by atoms with Crippen molar-refractivity contribution in [3.05, 3.63) is 57.8 Å². The largest absolute Gasteiger partial charge is 0.487 e. The van der Waals surface area contributed by atoms with E-state index in [1.54, 1.807) is 6.20 Å². The molecule has 0 radical (unpaired) electrons. The lowest BCUT2D eigenvalue weighted by Gasteiger charge is -2.12. The molecular formula is C15H17BrN2O. The molecule has 0 bridgehead atoms. The summed E-state index contributed by atoms with van der Waals surface area (Å²) < 4.78 is 6.83. The molecule has 100 valence electrons. The normalized spacial score (nSPS) is 10.5. The number of nitrogens with one attached hydrogen (secondary N) is 1. The third-order valence-electron chi connectivity index (χ3n) is 2.75. The number of ether oxygens (including phenoxy) is 1. The van der Waals surface area contributed by atoms with E-state index in [1.165, 1.54) is 11.1 Å². The first-order valence-electron chi connectivity index (χ1n) is 6.16. The number of pyridine rings is 1. The van der Waals surface area contributed by atoms with Crippen LogP contribution in [0.3, 0.4) is 0 Å².